The molecular formula is C18H25N3S2. The van der Waals surface area contributed by atoms with Crippen molar-refractivity contribution in [3.05, 3.63) is 39.0 Å². The molecule has 2 fully saturated rings. The van der Waals surface area contributed by atoms with Crippen LogP contribution in [-0.4, -0.2) is 41.0 Å². The van der Waals surface area contributed by atoms with Gasteiger partial charge in [0.1, 0.15) is 5.01 Å². The summed E-state index contributed by atoms with van der Waals surface area (Å²) in [6.45, 7) is 7.28. The Morgan fingerprint density at radius 3 is 2.17 bits per heavy atom. The minimum absolute atomic E-state index is 0.630. The maximum atomic E-state index is 4.43. The molecule has 0 radical (unpaired) electrons. The first-order valence-electron chi connectivity index (χ1n) is 8.67. The second-order valence-electron chi connectivity index (χ2n) is 7.06. The number of likely N-dealkylation sites (tertiary alicyclic amines) is 2. The fraction of sp³-hybridized carbons (Fsp3) is 0.611. The Morgan fingerprint density at radius 1 is 0.913 bits per heavy atom. The van der Waals surface area contributed by atoms with E-state index < -0.39 is 0 Å². The number of rotatable bonds is 4. The van der Waals surface area contributed by atoms with Gasteiger partial charge in [-0.25, -0.2) is 4.98 Å². The molecule has 3 nitrogen and oxygen atoms in total. The van der Waals surface area contributed by atoms with Crippen molar-refractivity contribution in [1.82, 2.24) is 14.8 Å². The van der Waals surface area contributed by atoms with Crippen LogP contribution >= 0.6 is 22.7 Å². The Balaban J connectivity index is 1.25. The Kier molecular flexibility index (Phi) is 4.80. The number of hydrogen-bond donors (Lipinski definition) is 0. The van der Waals surface area contributed by atoms with Crippen LogP contribution in [0.25, 0.3) is 0 Å². The van der Waals surface area contributed by atoms with E-state index in [2.05, 4.69) is 37.7 Å². The summed E-state index contributed by atoms with van der Waals surface area (Å²) in [7, 11) is 0. The molecule has 2 aromatic heterocycles. The predicted molar refractivity (Wildman–Crippen MR) is 97.9 cm³/mol. The zero-order valence-electron chi connectivity index (χ0n) is 13.6. The number of hydrogen-bond acceptors (Lipinski definition) is 5. The summed E-state index contributed by atoms with van der Waals surface area (Å²) in [6.07, 6.45) is 7.47. The molecule has 4 rings (SSSR count). The molecule has 4 heterocycles. The lowest BCUT2D eigenvalue weighted by atomic mass is 9.71. The minimum Gasteiger partial charge on any atom is -0.298 e. The van der Waals surface area contributed by atoms with Crippen molar-refractivity contribution >= 4 is 22.7 Å². The minimum atomic E-state index is 0.630. The molecule has 124 valence electrons. The third kappa shape index (κ3) is 3.85. The van der Waals surface area contributed by atoms with Crippen LogP contribution < -0.4 is 0 Å². The Hall–Kier alpha value is -0.750. The fourth-order valence-electron chi connectivity index (χ4n) is 4.02. The zero-order valence-corrected chi connectivity index (χ0v) is 15.2. The second-order valence-corrected chi connectivity index (χ2v) is 9.07. The maximum Gasteiger partial charge on any atom is 0.107 e. The van der Waals surface area contributed by atoms with Crippen LogP contribution in [0.4, 0.5) is 0 Å². The van der Waals surface area contributed by atoms with Crippen LogP contribution in [0.2, 0.25) is 0 Å². The van der Waals surface area contributed by atoms with Crippen molar-refractivity contribution in [2.45, 2.75) is 38.8 Å². The summed E-state index contributed by atoms with van der Waals surface area (Å²) >= 11 is 3.68. The number of aromatic nitrogens is 1. The molecule has 2 saturated heterocycles. The smallest absolute Gasteiger partial charge is 0.107 e. The molecule has 23 heavy (non-hydrogen) atoms. The van der Waals surface area contributed by atoms with Crippen molar-refractivity contribution in [1.29, 1.82) is 0 Å². The van der Waals surface area contributed by atoms with E-state index in [1.807, 2.05) is 17.5 Å². The molecule has 0 aliphatic carbocycles. The normalized spacial score (nSPS) is 22.6. The lowest BCUT2D eigenvalue weighted by Crippen LogP contribution is -2.46. The van der Waals surface area contributed by atoms with Gasteiger partial charge >= 0.3 is 0 Å². The number of piperidine rings is 2. The second kappa shape index (κ2) is 7.01. The van der Waals surface area contributed by atoms with Gasteiger partial charge < -0.3 is 0 Å². The van der Waals surface area contributed by atoms with Crippen LogP contribution in [-0.2, 0) is 13.1 Å². The molecular weight excluding hydrogens is 322 g/mol. The number of nitrogens with zero attached hydrogens (tertiary/aromatic N) is 3. The molecule has 0 amide bonds. The summed E-state index contributed by atoms with van der Waals surface area (Å²) < 4.78 is 0. The summed E-state index contributed by atoms with van der Waals surface area (Å²) in [5.41, 5.74) is 0.630. The topological polar surface area (TPSA) is 19.4 Å². The number of thiophene rings is 1. The first-order chi connectivity index (χ1) is 11.3. The van der Waals surface area contributed by atoms with Gasteiger partial charge in [-0.1, -0.05) is 6.07 Å². The van der Waals surface area contributed by atoms with E-state index in [1.165, 1.54) is 61.7 Å². The summed E-state index contributed by atoms with van der Waals surface area (Å²) in [6, 6.07) is 4.44. The summed E-state index contributed by atoms with van der Waals surface area (Å²) in [4.78, 5) is 11.2. The fourth-order valence-corrected chi connectivity index (χ4v) is 5.42. The molecule has 0 atom stereocenters. The van der Waals surface area contributed by atoms with Crippen LogP contribution in [0.15, 0.2) is 29.1 Å². The van der Waals surface area contributed by atoms with E-state index in [9.17, 15) is 0 Å². The van der Waals surface area contributed by atoms with Crippen molar-refractivity contribution in [2.75, 3.05) is 26.2 Å². The van der Waals surface area contributed by atoms with E-state index in [1.54, 1.807) is 11.3 Å². The lowest BCUT2D eigenvalue weighted by Gasteiger charge is -2.46. The van der Waals surface area contributed by atoms with Gasteiger partial charge in [-0.3, -0.25) is 9.80 Å². The molecule has 1 spiro atoms. The molecule has 2 aromatic rings. The van der Waals surface area contributed by atoms with Gasteiger partial charge in [0, 0.05) is 23.0 Å². The predicted octanol–water partition coefficient (Wildman–Crippen LogP) is 4.08. The highest BCUT2D eigenvalue weighted by Crippen LogP contribution is 2.41. The molecule has 0 bridgehead atoms. The van der Waals surface area contributed by atoms with Crippen molar-refractivity contribution < 1.29 is 0 Å². The standard InChI is InChI=1S/C18H25N3S2/c1-2-16(22-12-1)14-20-8-3-18(4-9-20)5-10-21(11-6-18)15-17-19-7-13-23-17/h1-2,7,12-13H,3-6,8-11,14-15H2. The van der Waals surface area contributed by atoms with Crippen molar-refractivity contribution in [2.24, 2.45) is 5.41 Å². The molecule has 0 saturated carbocycles. The molecule has 2 aliphatic rings. The van der Waals surface area contributed by atoms with Gasteiger partial charge in [-0.05, 0) is 68.7 Å². The Morgan fingerprint density at radius 2 is 1.61 bits per heavy atom. The number of thiazole rings is 1. The van der Waals surface area contributed by atoms with Crippen molar-refractivity contribution in [3.8, 4) is 0 Å². The molecule has 5 heteroatoms. The first-order valence-corrected chi connectivity index (χ1v) is 10.4. The first kappa shape index (κ1) is 15.8. The molecule has 0 N–H and O–H groups in total. The van der Waals surface area contributed by atoms with E-state index >= 15 is 0 Å². The van der Waals surface area contributed by atoms with E-state index in [-0.39, 0.29) is 0 Å². The average molecular weight is 348 g/mol. The van der Waals surface area contributed by atoms with Gasteiger partial charge in [-0.15, -0.1) is 22.7 Å². The highest BCUT2D eigenvalue weighted by Gasteiger charge is 2.37. The Bertz CT molecular complexity index is 520. The van der Waals surface area contributed by atoms with Crippen LogP contribution in [0.5, 0.6) is 0 Å². The average Bonchev–Trinajstić information content (AvgIpc) is 3.26. The Labute approximate surface area is 147 Å². The van der Waals surface area contributed by atoms with E-state index in [0.29, 0.717) is 5.41 Å². The van der Waals surface area contributed by atoms with Crippen LogP contribution in [0.3, 0.4) is 0 Å². The molecule has 2 aliphatic heterocycles. The van der Waals surface area contributed by atoms with E-state index in [4.69, 9.17) is 0 Å². The van der Waals surface area contributed by atoms with Crippen molar-refractivity contribution in [3.63, 3.8) is 0 Å². The highest BCUT2D eigenvalue weighted by atomic mass is 32.1. The molecule has 0 aromatic carbocycles. The van der Waals surface area contributed by atoms with Gasteiger partial charge in [0.15, 0.2) is 0 Å². The third-order valence-electron chi connectivity index (χ3n) is 5.64. The zero-order chi connectivity index (χ0) is 15.5. The third-order valence-corrected chi connectivity index (χ3v) is 7.26. The summed E-state index contributed by atoms with van der Waals surface area (Å²) in [5, 5.41) is 5.55. The highest BCUT2D eigenvalue weighted by molar-refractivity contribution is 7.10. The quantitative estimate of drug-likeness (QED) is 0.831. The van der Waals surface area contributed by atoms with Gasteiger partial charge in [0.2, 0.25) is 0 Å². The monoisotopic (exact) mass is 347 g/mol. The summed E-state index contributed by atoms with van der Waals surface area (Å²) in [5.74, 6) is 0. The largest absolute Gasteiger partial charge is 0.298 e. The maximum absolute atomic E-state index is 4.43. The SMILES string of the molecule is c1csc(CN2CCC3(CC2)CCN(Cc2nccs2)CC3)c1. The van der Waals surface area contributed by atoms with Crippen LogP contribution in [0, 0.1) is 5.41 Å². The molecule has 0 unspecified atom stereocenters. The lowest BCUT2D eigenvalue weighted by molar-refractivity contribution is 0.0302. The van der Waals surface area contributed by atoms with E-state index in [0.717, 1.165) is 13.1 Å². The van der Waals surface area contributed by atoms with Gasteiger partial charge in [-0.2, -0.15) is 0 Å². The van der Waals surface area contributed by atoms with Crippen LogP contribution in [0.1, 0.15) is 35.6 Å². The van der Waals surface area contributed by atoms with Gasteiger partial charge in [0.05, 0.1) is 6.54 Å². The van der Waals surface area contributed by atoms with Gasteiger partial charge in [0.25, 0.3) is 0 Å².